The Hall–Kier alpha value is -2.67. The van der Waals surface area contributed by atoms with Crippen LogP contribution in [0.4, 0.5) is 0 Å². The highest BCUT2D eigenvalue weighted by molar-refractivity contribution is 6.30. The highest BCUT2D eigenvalue weighted by atomic mass is 35.5. The van der Waals surface area contributed by atoms with Crippen molar-refractivity contribution in [3.05, 3.63) is 51.4 Å². The van der Waals surface area contributed by atoms with Gasteiger partial charge in [0.15, 0.2) is 0 Å². The van der Waals surface area contributed by atoms with Crippen molar-refractivity contribution in [2.24, 2.45) is 11.8 Å². The van der Waals surface area contributed by atoms with Crippen molar-refractivity contribution in [3.8, 4) is 11.4 Å². The number of halogens is 1. The Morgan fingerprint density at radius 3 is 2.59 bits per heavy atom. The summed E-state index contributed by atoms with van der Waals surface area (Å²) >= 11 is 5.84. The number of hydrogen-bond acceptors (Lipinski definition) is 4. The summed E-state index contributed by atoms with van der Waals surface area (Å²) in [5, 5.41) is 12.6. The van der Waals surface area contributed by atoms with Gasteiger partial charge in [0.1, 0.15) is 11.4 Å². The van der Waals surface area contributed by atoms with Gasteiger partial charge in [0.05, 0.1) is 5.92 Å². The lowest BCUT2D eigenvalue weighted by molar-refractivity contribution is -0.144. The summed E-state index contributed by atoms with van der Waals surface area (Å²) in [5.41, 5.74) is 0.0243. The van der Waals surface area contributed by atoms with Crippen LogP contribution in [0.5, 0.6) is 0 Å². The smallest absolute Gasteiger partial charge is 0.306 e. The lowest BCUT2D eigenvalue weighted by atomic mass is 9.79. The summed E-state index contributed by atoms with van der Waals surface area (Å²) in [6, 6.07) is 6.80. The van der Waals surface area contributed by atoms with Gasteiger partial charge >= 0.3 is 5.97 Å². The topological polar surface area (TPSA) is 112 Å². The number of carboxylic acid groups (broad SMARTS) is 1. The van der Waals surface area contributed by atoms with Crippen LogP contribution in [0, 0.1) is 11.8 Å². The van der Waals surface area contributed by atoms with E-state index in [0.29, 0.717) is 22.8 Å². The van der Waals surface area contributed by atoms with Crippen LogP contribution in [0.2, 0.25) is 5.02 Å². The quantitative estimate of drug-likeness (QED) is 0.727. The maximum absolute atomic E-state index is 12.3. The van der Waals surface area contributed by atoms with Gasteiger partial charge in [0.2, 0.25) is 0 Å². The molecule has 142 valence electrons. The van der Waals surface area contributed by atoms with Gasteiger partial charge in [-0.25, -0.2) is 4.98 Å². The first-order valence-corrected chi connectivity index (χ1v) is 9.20. The summed E-state index contributed by atoms with van der Waals surface area (Å²) in [6.07, 6.45) is 4.43. The number of H-pyrrole nitrogens is 1. The molecule has 1 aliphatic rings. The number of carboxylic acids is 1. The van der Waals surface area contributed by atoms with Crippen molar-refractivity contribution < 1.29 is 14.7 Å². The van der Waals surface area contributed by atoms with Crippen LogP contribution < -0.4 is 10.9 Å². The fourth-order valence-electron chi connectivity index (χ4n) is 3.41. The van der Waals surface area contributed by atoms with Crippen molar-refractivity contribution in [2.45, 2.75) is 25.7 Å². The van der Waals surface area contributed by atoms with Crippen molar-refractivity contribution >= 4 is 23.5 Å². The van der Waals surface area contributed by atoms with Gasteiger partial charge in [-0.15, -0.1) is 0 Å². The molecule has 7 nitrogen and oxygen atoms in total. The predicted molar refractivity (Wildman–Crippen MR) is 101 cm³/mol. The van der Waals surface area contributed by atoms with E-state index in [9.17, 15) is 19.5 Å². The number of carbonyl (C=O) groups is 2. The fourth-order valence-corrected chi connectivity index (χ4v) is 3.53. The maximum Gasteiger partial charge on any atom is 0.306 e. The standard InChI is InChI=1S/C19H20ClN3O4/c20-13-7-5-11(6-8-13)16-21-10-15(18(25)23-16)17(24)22-9-12-3-1-2-4-14(12)19(26)27/h5-8,10,12,14H,1-4,9H2,(H,22,24)(H,26,27)(H,21,23,25)/t12-,14-/m0/s1. The molecule has 0 spiro atoms. The first kappa shape index (κ1) is 19.1. The third kappa shape index (κ3) is 4.54. The third-order valence-corrected chi connectivity index (χ3v) is 5.16. The molecule has 1 aliphatic carbocycles. The van der Waals surface area contributed by atoms with Crippen LogP contribution in [-0.4, -0.2) is 33.5 Å². The molecule has 3 N–H and O–H groups in total. The van der Waals surface area contributed by atoms with Gasteiger partial charge in [0.25, 0.3) is 11.5 Å². The summed E-state index contributed by atoms with van der Waals surface area (Å²) < 4.78 is 0. The molecule has 1 heterocycles. The minimum atomic E-state index is -0.833. The number of carbonyl (C=O) groups excluding carboxylic acids is 1. The van der Waals surface area contributed by atoms with E-state index in [4.69, 9.17) is 11.6 Å². The van der Waals surface area contributed by atoms with Gasteiger partial charge in [-0.2, -0.15) is 0 Å². The average molecular weight is 390 g/mol. The fraction of sp³-hybridized carbons (Fsp3) is 0.368. The monoisotopic (exact) mass is 389 g/mol. The van der Waals surface area contributed by atoms with Crippen molar-refractivity contribution in [2.75, 3.05) is 6.54 Å². The molecular weight excluding hydrogens is 370 g/mol. The number of benzene rings is 1. The highest BCUT2D eigenvalue weighted by Crippen LogP contribution is 2.29. The van der Waals surface area contributed by atoms with Gasteiger partial charge < -0.3 is 15.4 Å². The molecular formula is C19H20ClN3O4. The molecule has 1 aromatic carbocycles. The second-order valence-electron chi connectivity index (χ2n) is 6.68. The molecule has 0 bridgehead atoms. The molecule has 0 unspecified atom stereocenters. The molecule has 1 amide bonds. The van der Waals surface area contributed by atoms with Gasteiger partial charge in [-0.3, -0.25) is 14.4 Å². The van der Waals surface area contributed by atoms with Crippen LogP contribution in [0.25, 0.3) is 11.4 Å². The lowest BCUT2D eigenvalue weighted by Gasteiger charge is -2.28. The zero-order valence-corrected chi connectivity index (χ0v) is 15.3. The molecule has 0 aliphatic heterocycles. The van der Waals surface area contributed by atoms with Gasteiger partial charge in [-0.1, -0.05) is 24.4 Å². The Morgan fingerprint density at radius 1 is 1.22 bits per heavy atom. The predicted octanol–water partition coefficient (Wildman–Crippen LogP) is 2.71. The van der Waals surface area contributed by atoms with Crippen LogP contribution in [0.15, 0.2) is 35.3 Å². The maximum atomic E-state index is 12.3. The summed E-state index contributed by atoms with van der Waals surface area (Å²) in [6.45, 7) is 0.230. The molecule has 2 atom stereocenters. The lowest BCUT2D eigenvalue weighted by Crippen LogP contribution is -2.38. The Balaban J connectivity index is 1.69. The van der Waals surface area contributed by atoms with E-state index >= 15 is 0 Å². The molecule has 1 saturated carbocycles. The van der Waals surface area contributed by atoms with E-state index < -0.39 is 23.4 Å². The molecule has 2 aromatic rings. The van der Waals surface area contributed by atoms with Crippen LogP contribution >= 0.6 is 11.6 Å². The highest BCUT2D eigenvalue weighted by Gasteiger charge is 2.31. The number of aromatic amines is 1. The normalized spacial score (nSPS) is 19.4. The molecule has 1 aromatic heterocycles. The Labute approximate surface area is 160 Å². The Bertz CT molecular complexity index is 895. The average Bonchev–Trinajstić information content (AvgIpc) is 2.66. The largest absolute Gasteiger partial charge is 0.481 e. The first-order chi connectivity index (χ1) is 13.0. The second-order valence-corrected chi connectivity index (χ2v) is 7.12. The summed E-state index contributed by atoms with van der Waals surface area (Å²) in [5.74, 6) is -1.63. The number of nitrogens with one attached hydrogen (secondary N) is 2. The number of amides is 1. The SMILES string of the molecule is O=C(NC[C@@H]1CCCC[C@@H]1C(=O)O)c1cnc(-c2ccc(Cl)cc2)[nH]c1=O. The van der Waals surface area contributed by atoms with Crippen molar-refractivity contribution in [1.29, 1.82) is 0 Å². The number of rotatable bonds is 5. The Kier molecular flexibility index (Phi) is 5.91. The molecule has 8 heteroatoms. The molecule has 27 heavy (non-hydrogen) atoms. The molecule has 1 fully saturated rings. The molecule has 3 rings (SSSR count). The molecule has 0 saturated heterocycles. The van der Waals surface area contributed by atoms with E-state index in [1.807, 2.05) is 0 Å². The van der Waals surface area contributed by atoms with Crippen molar-refractivity contribution in [1.82, 2.24) is 15.3 Å². The number of hydrogen-bond donors (Lipinski definition) is 3. The summed E-state index contributed by atoms with van der Waals surface area (Å²) in [4.78, 5) is 42.7. The zero-order chi connectivity index (χ0) is 19.4. The van der Waals surface area contributed by atoms with Crippen molar-refractivity contribution in [3.63, 3.8) is 0 Å². The number of nitrogens with zero attached hydrogens (tertiary/aromatic N) is 1. The second kappa shape index (κ2) is 8.35. The van der Waals surface area contributed by atoms with Crippen LogP contribution in [-0.2, 0) is 4.79 Å². The Morgan fingerprint density at radius 2 is 1.93 bits per heavy atom. The van der Waals surface area contributed by atoms with E-state index in [1.165, 1.54) is 6.20 Å². The van der Waals surface area contributed by atoms with E-state index in [1.54, 1.807) is 24.3 Å². The summed E-state index contributed by atoms with van der Waals surface area (Å²) in [7, 11) is 0. The van der Waals surface area contributed by atoms with Crippen LogP contribution in [0.3, 0.4) is 0 Å². The zero-order valence-electron chi connectivity index (χ0n) is 14.6. The van der Waals surface area contributed by atoms with Gasteiger partial charge in [0, 0.05) is 23.3 Å². The van der Waals surface area contributed by atoms with E-state index in [-0.39, 0.29) is 18.0 Å². The first-order valence-electron chi connectivity index (χ1n) is 8.82. The third-order valence-electron chi connectivity index (χ3n) is 4.91. The minimum Gasteiger partial charge on any atom is -0.481 e. The van der Waals surface area contributed by atoms with Gasteiger partial charge in [-0.05, 0) is 43.0 Å². The number of aromatic nitrogens is 2. The molecule has 0 radical (unpaired) electrons. The number of aliphatic carboxylic acids is 1. The van der Waals surface area contributed by atoms with E-state index in [0.717, 1.165) is 19.3 Å². The van der Waals surface area contributed by atoms with E-state index in [2.05, 4.69) is 15.3 Å². The minimum absolute atomic E-state index is 0.101. The van der Waals surface area contributed by atoms with Crippen LogP contribution in [0.1, 0.15) is 36.0 Å².